The van der Waals surface area contributed by atoms with Crippen molar-refractivity contribution in [2.45, 2.75) is 0 Å². The fourth-order valence-electron chi connectivity index (χ4n) is 0.798. The molecule has 1 aromatic rings. The van der Waals surface area contributed by atoms with Gasteiger partial charge in [-0.25, -0.2) is 4.57 Å². The largest absolute Gasteiger partial charge is 0.469 e. The average molecular weight is 233 g/mol. The van der Waals surface area contributed by atoms with Gasteiger partial charge in [0.05, 0.1) is 4.92 Å². The second-order valence-corrected chi connectivity index (χ2v) is 3.97. The zero-order valence-corrected chi connectivity index (χ0v) is 8.26. The van der Waals surface area contributed by atoms with Crippen molar-refractivity contribution in [2.24, 2.45) is 5.84 Å². The SMILES string of the molecule is NNP(=O)(O)Oc1ccc([N+](=O)[O-])cc1. The van der Waals surface area contributed by atoms with E-state index in [-0.39, 0.29) is 11.4 Å². The van der Waals surface area contributed by atoms with E-state index in [2.05, 4.69) is 4.52 Å². The molecule has 0 bridgehead atoms. The lowest BCUT2D eigenvalue weighted by Gasteiger charge is -2.10. The molecule has 82 valence electrons. The average Bonchev–Trinajstić information content (AvgIpc) is 2.18. The van der Waals surface area contributed by atoms with Crippen molar-refractivity contribution in [2.75, 3.05) is 0 Å². The molecule has 0 aliphatic rings. The van der Waals surface area contributed by atoms with Crippen LogP contribution in [0.5, 0.6) is 5.75 Å². The number of hydrazine groups is 1. The number of hydrogen-bond donors (Lipinski definition) is 3. The molecule has 0 aromatic heterocycles. The van der Waals surface area contributed by atoms with Crippen LogP contribution in [0.1, 0.15) is 0 Å². The molecular weight excluding hydrogens is 225 g/mol. The standard InChI is InChI=1S/C6H8N3O5P/c7-8-15(12,13)14-6-3-1-5(2-4-6)9(10)11/h1-4H,7H2,(H2,8,12,13). The number of nitrogens with two attached hydrogens (primary N) is 1. The molecule has 1 unspecified atom stereocenters. The van der Waals surface area contributed by atoms with E-state index in [1.165, 1.54) is 12.1 Å². The summed E-state index contributed by atoms with van der Waals surface area (Å²) in [5.74, 6) is 4.74. The van der Waals surface area contributed by atoms with Crippen molar-refractivity contribution in [1.29, 1.82) is 0 Å². The third kappa shape index (κ3) is 3.30. The second-order valence-electron chi connectivity index (χ2n) is 2.49. The summed E-state index contributed by atoms with van der Waals surface area (Å²) < 4.78 is 15.5. The zero-order chi connectivity index (χ0) is 11.5. The summed E-state index contributed by atoms with van der Waals surface area (Å²) in [5.41, 5.74) is -0.143. The predicted octanol–water partition coefficient (Wildman–Crippen LogP) is 0.537. The fourth-order valence-corrected chi connectivity index (χ4v) is 1.26. The number of rotatable bonds is 4. The molecule has 0 aliphatic carbocycles. The summed E-state index contributed by atoms with van der Waals surface area (Å²) in [6, 6.07) is 4.67. The van der Waals surface area contributed by atoms with Crippen LogP contribution in [-0.2, 0) is 4.57 Å². The third-order valence-corrected chi connectivity index (χ3v) is 2.22. The Morgan fingerprint density at radius 2 is 2.00 bits per heavy atom. The van der Waals surface area contributed by atoms with Crippen LogP contribution in [0.25, 0.3) is 0 Å². The first-order valence-corrected chi connectivity index (χ1v) is 5.27. The van der Waals surface area contributed by atoms with Gasteiger partial charge in [-0.3, -0.25) is 16.0 Å². The Kier molecular flexibility index (Phi) is 3.38. The maximum absolute atomic E-state index is 10.9. The number of hydrogen-bond acceptors (Lipinski definition) is 5. The van der Waals surface area contributed by atoms with Crippen molar-refractivity contribution >= 4 is 13.4 Å². The lowest BCUT2D eigenvalue weighted by molar-refractivity contribution is -0.384. The molecule has 0 fully saturated rings. The predicted molar refractivity (Wildman–Crippen MR) is 50.9 cm³/mol. The van der Waals surface area contributed by atoms with Crippen LogP contribution in [-0.4, -0.2) is 9.82 Å². The highest BCUT2D eigenvalue weighted by molar-refractivity contribution is 7.50. The summed E-state index contributed by atoms with van der Waals surface area (Å²) >= 11 is 0. The first-order chi connectivity index (χ1) is 6.94. The van der Waals surface area contributed by atoms with Gasteiger partial charge in [0.2, 0.25) is 0 Å². The molecule has 0 spiro atoms. The van der Waals surface area contributed by atoms with Crippen LogP contribution in [0, 0.1) is 10.1 Å². The van der Waals surface area contributed by atoms with Crippen molar-refractivity contribution in [1.82, 2.24) is 5.20 Å². The minimum atomic E-state index is -4.08. The maximum Gasteiger partial charge on any atom is 0.469 e. The second kappa shape index (κ2) is 4.37. The molecule has 0 amide bonds. The number of non-ortho nitro benzene ring substituents is 1. The van der Waals surface area contributed by atoms with Gasteiger partial charge < -0.3 is 9.42 Å². The number of benzene rings is 1. The van der Waals surface area contributed by atoms with E-state index in [1.807, 2.05) is 0 Å². The molecule has 0 radical (unpaired) electrons. The number of nitrogens with one attached hydrogen (secondary N) is 1. The first kappa shape index (κ1) is 11.6. The molecule has 1 rings (SSSR count). The molecule has 0 heterocycles. The number of nitro benzene ring substituents is 1. The summed E-state index contributed by atoms with van der Waals surface area (Å²) in [5, 5.41) is 11.9. The van der Waals surface area contributed by atoms with Gasteiger partial charge in [-0.05, 0) is 12.1 Å². The van der Waals surface area contributed by atoms with E-state index in [4.69, 9.17) is 10.7 Å². The molecule has 1 atom stereocenters. The van der Waals surface area contributed by atoms with Gasteiger partial charge in [-0.2, -0.15) is 5.20 Å². The zero-order valence-electron chi connectivity index (χ0n) is 7.36. The van der Waals surface area contributed by atoms with E-state index < -0.39 is 12.7 Å². The Hall–Kier alpha value is -1.47. The van der Waals surface area contributed by atoms with E-state index in [9.17, 15) is 14.7 Å². The first-order valence-electron chi connectivity index (χ1n) is 3.69. The molecule has 0 aliphatic heterocycles. The van der Waals surface area contributed by atoms with Gasteiger partial charge >= 0.3 is 7.75 Å². The van der Waals surface area contributed by atoms with Crippen LogP contribution in [0.3, 0.4) is 0 Å². The minimum Gasteiger partial charge on any atom is -0.413 e. The van der Waals surface area contributed by atoms with Crippen LogP contribution in [0.4, 0.5) is 5.69 Å². The molecule has 9 heteroatoms. The van der Waals surface area contributed by atoms with Crippen molar-refractivity contribution < 1.29 is 18.9 Å². The lowest BCUT2D eigenvalue weighted by Crippen LogP contribution is -2.20. The van der Waals surface area contributed by atoms with Gasteiger partial charge in [-0.15, -0.1) is 0 Å². The minimum absolute atomic E-state index is 0.00406. The number of nitrogens with zero attached hydrogens (tertiary/aromatic N) is 1. The molecule has 4 N–H and O–H groups in total. The Bertz CT molecular complexity index is 406. The summed E-state index contributed by atoms with van der Waals surface area (Å²) in [6.45, 7) is 0. The van der Waals surface area contributed by atoms with E-state index in [0.29, 0.717) is 0 Å². The highest BCUT2D eigenvalue weighted by atomic mass is 31.2. The van der Waals surface area contributed by atoms with Crippen LogP contribution < -0.4 is 15.6 Å². The normalized spacial score (nSPS) is 14.3. The van der Waals surface area contributed by atoms with Crippen molar-refractivity contribution in [3.8, 4) is 5.75 Å². The van der Waals surface area contributed by atoms with Gasteiger partial charge in [-0.1, -0.05) is 0 Å². The molecule has 8 nitrogen and oxygen atoms in total. The lowest BCUT2D eigenvalue weighted by atomic mass is 10.3. The van der Waals surface area contributed by atoms with Gasteiger partial charge in [0.1, 0.15) is 5.75 Å². The molecule has 15 heavy (non-hydrogen) atoms. The monoisotopic (exact) mass is 233 g/mol. The maximum atomic E-state index is 10.9. The smallest absolute Gasteiger partial charge is 0.413 e. The molecule has 0 saturated carbocycles. The topological polar surface area (TPSA) is 128 Å². The van der Waals surface area contributed by atoms with Crippen LogP contribution >= 0.6 is 7.75 Å². The van der Waals surface area contributed by atoms with Gasteiger partial charge in [0.15, 0.2) is 0 Å². The third-order valence-electron chi connectivity index (χ3n) is 1.44. The van der Waals surface area contributed by atoms with Gasteiger partial charge in [0.25, 0.3) is 5.69 Å². The molecular formula is C6H8N3O5P. The highest BCUT2D eigenvalue weighted by Crippen LogP contribution is 2.36. The van der Waals surface area contributed by atoms with Crippen molar-refractivity contribution in [3.05, 3.63) is 34.4 Å². The highest BCUT2D eigenvalue weighted by Gasteiger charge is 2.18. The van der Waals surface area contributed by atoms with Crippen LogP contribution in [0.15, 0.2) is 24.3 Å². The Morgan fingerprint density at radius 1 is 1.47 bits per heavy atom. The van der Waals surface area contributed by atoms with Gasteiger partial charge in [0, 0.05) is 12.1 Å². The Labute approximate surface area is 84.4 Å². The quantitative estimate of drug-likeness (QED) is 0.299. The van der Waals surface area contributed by atoms with Crippen molar-refractivity contribution in [3.63, 3.8) is 0 Å². The van der Waals surface area contributed by atoms with Crippen LogP contribution in [0.2, 0.25) is 0 Å². The van der Waals surface area contributed by atoms with E-state index in [1.54, 1.807) is 5.20 Å². The van der Waals surface area contributed by atoms with E-state index in [0.717, 1.165) is 12.1 Å². The molecule has 0 saturated heterocycles. The summed E-state index contributed by atoms with van der Waals surface area (Å²) in [7, 11) is -4.08. The van der Waals surface area contributed by atoms with E-state index >= 15 is 0 Å². The Balaban J connectivity index is 2.82. The fraction of sp³-hybridized carbons (Fsp3) is 0. The summed E-state index contributed by atoms with van der Waals surface area (Å²) in [6.07, 6.45) is 0. The molecule has 1 aromatic carbocycles. The summed E-state index contributed by atoms with van der Waals surface area (Å²) in [4.78, 5) is 18.6. The Morgan fingerprint density at radius 3 is 2.40 bits per heavy atom. The number of nitro groups is 1.